The van der Waals surface area contributed by atoms with Crippen molar-refractivity contribution in [1.82, 2.24) is 9.80 Å². The van der Waals surface area contributed by atoms with Crippen molar-refractivity contribution in [2.24, 2.45) is 11.8 Å². The Balaban J connectivity index is 1.06. The van der Waals surface area contributed by atoms with Crippen LogP contribution in [0.4, 0.5) is 0 Å². The van der Waals surface area contributed by atoms with Gasteiger partial charge in [-0.2, -0.15) is 0 Å². The maximum absolute atomic E-state index is 5.57. The fourth-order valence-electron chi connectivity index (χ4n) is 6.17. The standard InChI is InChI=1S/C33H42N2O/c1-36-33-13-6-5-12-32(33)24-29-16-20-35(21-17-29)26-31-11-7-10-30(23-31)25-34-18-14-28(15-19-34)22-27-8-3-2-4-9-27/h2-13,23,28-29H,14-22,24-26H2,1H3. The predicted octanol–water partition coefficient (Wildman–Crippen LogP) is 6.60. The molecule has 0 atom stereocenters. The van der Waals surface area contributed by atoms with Crippen LogP contribution in [-0.2, 0) is 25.9 Å². The molecule has 2 aliphatic rings. The van der Waals surface area contributed by atoms with Crippen LogP contribution in [0.2, 0.25) is 0 Å². The Bertz CT molecular complexity index is 1070. The van der Waals surface area contributed by atoms with Crippen LogP contribution >= 0.6 is 0 Å². The summed E-state index contributed by atoms with van der Waals surface area (Å²) in [5, 5.41) is 0. The van der Waals surface area contributed by atoms with Gasteiger partial charge in [0.05, 0.1) is 7.11 Å². The van der Waals surface area contributed by atoms with E-state index >= 15 is 0 Å². The SMILES string of the molecule is COc1ccccc1CC1CCN(Cc2cccc(CN3CCC(Cc4ccccc4)CC3)c2)CC1. The molecule has 3 heteroatoms. The molecule has 0 spiro atoms. The molecule has 3 aromatic carbocycles. The lowest BCUT2D eigenvalue weighted by molar-refractivity contribution is 0.174. The van der Waals surface area contributed by atoms with Crippen molar-refractivity contribution >= 4 is 0 Å². The average molecular weight is 483 g/mol. The van der Waals surface area contributed by atoms with E-state index in [1.54, 1.807) is 7.11 Å². The van der Waals surface area contributed by atoms with E-state index in [1.807, 2.05) is 0 Å². The molecular formula is C33H42N2O. The number of nitrogens with zero attached hydrogens (tertiary/aromatic N) is 2. The fourth-order valence-corrected chi connectivity index (χ4v) is 6.17. The van der Waals surface area contributed by atoms with Crippen LogP contribution in [0.1, 0.15) is 47.9 Å². The van der Waals surface area contributed by atoms with Gasteiger partial charge in [0.25, 0.3) is 0 Å². The van der Waals surface area contributed by atoms with Crippen LogP contribution in [0.25, 0.3) is 0 Å². The Morgan fingerprint density at radius 2 is 1.14 bits per heavy atom. The smallest absolute Gasteiger partial charge is 0.122 e. The number of ether oxygens (including phenoxy) is 1. The zero-order valence-corrected chi connectivity index (χ0v) is 21.9. The Hall–Kier alpha value is -2.62. The molecule has 3 aromatic rings. The highest BCUT2D eigenvalue weighted by Gasteiger charge is 2.22. The van der Waals surface area contributed by atoms with Crippen molar-refractivity contribution in [3.63, 3.8) is 0 Å². The molecule has 0 N–H and O–H groups in total. The van der Waals surface area contributed by atoms with Gasteiger partial charge >= 0.3 is 0 Å². The summed E-state index contributed by atoms with van der Waals surface area (Å²) in [4.78, 5) is 5.30. The third kappa shape index (κ3) is 6.99. The first-order valence-electron chi connectivity index (χ1n) is 13.9. The van der Waals surface area contributed by atoms with Crippen LogP contribution in [0.3, 0.4) is 0 Å². The van der Waals surface area contributed by atoms with E-state index in [1.165, 1.54) is 80.5 Å². The zero-order valence-electron chi connectivity index (χ0n) is 21.9. The Labute approximate surface area is 218 Å². The first kappa shape index (κ1) is 25.0. The summed E-state index contributed by atoms with van der Waals surface area (Å²) >= 11 is 0. The minimum absolute atomic E-state index is 0.758. The maximum Gasteiger partial charge on any atom is 0.122 e. The van der Waals surface area contributed by atoms with Gasteiger partial charge in [-0.1, -0.05) is 72.8 Å². The van der Waals surface area contributed by atoms with Crippen molar-refractivity contribution in [2.75, 3.05) is 33.3 Å². The maximum atomic E-state index is 5.57. The van der Waals surface area contributed by atoms with Crippen LogP contribution in [0.15, 0.2) is 78.9 Å². The lowest BCUT2D eigenvalue weighted by atomic mass is 9.89. The van der Waals surface area contributed by atoms with E-state index in [9.17, 15) is 0 Å². The molecule has 5 rings (SSSR count). The van der Waals surface area contributed by atoms with Crippen molar-refractivity contribution < 1.29 is 4.74 Å². The third-order valence-corrected chi connectivity index (χ3v) is 8.29. The molecule has 2 saturated heterocycles. The molecule has 0 aromatic heterocycles. The fraction of sp³-hybridized carbons (Fsp3) is 0.455. The molecule has 190 valence electrons. The molecular weight excluding hydrogens is 440 g/mol. The summed E-state index contributed by atoms with van der Waals surface area (Å²) in [6, 6.07) is 28.9. The summed E-state index contributed by atoms with van der Waals surface area (Å²) in [6.45, 7) is 7.00. The van der Waals surface area contributed by atoms with Gasteiger partial charge in [-0.15, -0.1) is 0 Å². The van der Waals surface area contributed by atoms with Crippen LogP contribution in [-0.4, -0.2) is 43.1 Å². The monoisotopic (exact) mass is 482 g/mol. The van der Waals surface area contributed by atoms with Gasteiger partial charge < -0.3 is 4.74 Å². The Morgan fingerprint density at radius 3 is 1.75 bits per heavy atom. The van der Waals surface area contributed by atoms with Gasteiger partial charge in [0, 0.05) is 13.1 Å². The second kappa shape index (κ2) is 12.6. The zero-order chi connectivity index (χ0) is 24.6. The summed E-state index contributed by atoms with van der Waals surface area (Å²) in [5.41, 5.74) is 5.79. The molecule has 0 aliphatic carbocycles. The first-order valence-corrected chi connectivity index (χ1v) is 13.9. The second-order valence-electron chi connectivity index (χ2n) is 11.0. The third-order valence-electron chi connectivity index (χ3n) is 8.29. The van der Waals surface area contributed by atoms with Crippen LogP contribution in [0, 0.1) is 11.8 Å². The van der Waals surface area contributed by atoms with Crippen LogP contribution in [0.5, 0.6) is 5.75 Å². The molecule has 2 heterocycles. The molecule has 0 bridgehead atoms. The Morgan fingerprint density at radius 1 is 0.611 bits per heavy atom. The summed E-state index contributed by atoms with van der Waals surface area (Å²) in [6.07, 6.45) is 7.55. The summed E-state index contributed by atoms with van der Waals surface area (Å²) < 4.78 is 5.57. The van der Waals surface area contributed by atoms with Crippen molar-refractivity contribution in [3.05, 3.63) is 101 Å². The van der Waals surface area contributed by atoms with E-state index in [4.69, 9.17) is 4.74 Å². The topological polar surface area (TPSA) is 15.7 Å². The molecule has 36 heavy (non-hydrogen) atoms. The van der Waals surface area contributed by atoms with Crippen molar-refractivity contribution in [1.29, 1.82) is 0 Å². The lowest BCUT2D eigenvalue weighted by Crippen LogP contribution is -2.34. The number of hydrogen-bond acceptors (Lipinski definition) is 3. The van der Waals surface area contributed by atoms with E-state index in [-0.39, 0.29) is 0 Å². The molecule has 3 nitrogen and oxygen atoms in total. The number of para-hydroxylation sites is 1. The van der Waals surface area contributed by atoms with Gasteiger partial charge in [-0.05, 0) is 105 Å². The number of methoxy groups -OCH3 is 1. The van der Waals surface area contributed by atoms with Gasteiger partial charge in [0.15, 0.2) is 0 Å². The number of benzene rings is 3. The van der Waals surface area contributed by atoms with E-state index in [0.717, 1.165) is 37.1 Å². The largest absolute Gasteiger partial charge is 0.496 e. The molecule has 2 aliphatic heterocycles. The van der Waals surface area contributed by atoms with Gasteiger partial charge in [0.2, 0.25) is 0 Å². The second-order valence-corrected chi connectivity index (χ2v) is 11.0. The number of piperidine rings is 2. The summed E-state index contributed by atoms with van der Waals surface area (Å²) in [5.74, 6) is 2.63. The average Bonchev–Trinajstić information content (AvgIpc) is 2.92. The number of rotatable bonds is 9. The molecule has 2 fully saturated rings. The number of likely N-dealkylation sites (tertiary alicyclic amines) is 2. The van der Waals surface area contributed by atoms with E-state index in [2.05, 4.69) is 88.7 Å². The van der Waals surface area contributed by atoms with Gasteiger partial charge in [-0.25, -0.2) is 0 Å². The van der Waals surface area contributed by atoms with Gasteiger partial charge in [-0.3, -0.25) is 9.80 Å². The predicted molar refractivity (Wildman–Crippen MR) is 149 cm³/mol. The minimum atomic E-state index is 0.758. The lowest BCUT2D eigenvalue weighted by Gasteiger charge is -2.33. The molecule has 0 saturated carbocycles. The highest BCUT2D eigenvalue weighted by molar-refractivity contribution is 5.33. The summed E-state index contributed by atoms with van der Waals surface area (Å²) in [7, 11) is 1.78. The minimum Gasteiger partial charge on any atom is -0.496 e. The first-order chi connectivity index (χ1) is 17.7. The normalized spacial score (nSPS) is 18.4. The number of hydrogen-bond donors (Lipinski definition) is 0. The highest BCUT2D eigenvalue weighted by Crippen LogP contribution is 2.28. The van der Waals surface area contributed by atoms with E-state index in [0.29, 0.717) is 0 Å². The van der Waals surface area contributed by atoms with Crippen molar-refractivity contribution in [3.8, 4) is 5.75 Å². The highest BCUT2D eigenvalue weighted by atomic mass is 16.5. The van der Waals surface area contributed by atoms with Gasteiger partial charge in [0.1, 0.15) is 5.75 Å². The van der Waals surface area contributed by atoms with E-state index < -0.39 is 0 Å². The quantitative estimate of drug-likeness (QED) is 0.341. The molecule has 0 unspecified atom stereocenters. The Kier molecular flexibility index (Phi) is 8.74. The molecule has 0 amide bonds. The van der Waals surface area contributed by atoms with Crippen LogP contribution < -0.4 is 4.74 Å². The van der Waals surface area contributed by atoms with Crippen molar-refractivity contribution in [2.45, 2.75) is 51.6 Å². The molecule has 0 radical (unpaired) electrons.